The fraction of sp³-hybridized carbons (Fsp3) is 0.692. The van der Waals surface area contributed by atoms with Crippen molar-refractivity contribution in [2.75, 3.05) is 33.3 Å². The van der Waals surface area contributed by atoms with Gasteiger partial charge in [0.1, 0.15) is 4.21 Å². The van der Waals surface area contributed by atoms with Gasteiger partial charge in [0.05, 0.1) is 0 Å². The van der Waals surface area contributed by atoms with Gasteiger partial charge >= 0.3 is 0 Å². The number of piperazine rings is 1. The summed E-state index contributed by atoms with van der Waals surface area (Å²) in [5, 5.41) is 8.92. The van der Waals surface area contributed by atoms with Crippen LogP contribution in [0.15, 0.2) is 16.3 Å². The smallest absolute Gasteiger partial charge is 0.252 e. The van der Waals surface area contributed by atoms with E-state index in [0.717, 1.165) is 17.8 Å². The Bertz CT molecular complexity index is 542. The maximum Gasteiger partial charge on any atom is 0.252 e. The highest BCUT2D eigenvalue weighted by Gasteiger charge is 2.32. The van der Waals surface area contributed by atoms with Crippen LogP contribution in [0.3, 0.4) is 0 Å². The first-order valence-electron chi connectivity index (χ1n) is 6.89. The minimum atomic E-state index is -3.38. The van der Waals surface area contributed by atoms with Gasteiger partial charge in [0.2, 0.25) is 0 Å². The first-order chi connectivity index (χ1) is 9.48. The molecule has 1 aliphatic rings. The number of hydrogen-bond donors (Lipinski definition) is 1. The molecule has 1 aromatic rings. The predicted molar refractivity (Wildman–Crippen MR) is 80.6 cm³/mol. The van der Waals surface area contributed by atoms with E-state index in [1.807, 2.05) is 7.05 Å². The molecule has 0 spiro atoms. The molecule has 1 fully saturated rings. The van der Waals surface area contributed by atoms with Crippen molar-refractivity contribution in [2.45, 2.75) is 30.0 Å². The number of nitrogens with zero attached hydrogens (tertiary/aromatic N) is 2. The van der Waals surface area contributed by atoms with Crippen LogP contribution in [0.25, 0.3) is 0 Å². The van der Waals surface area contributed by atoms with Crippen molar-refractivity contribution in [1.82, 2.24) is 9.21 Å². The molecule has 1 aliphatic heterocycles. The van der Waals surface area contributed by atoms with Crippen LogP contribution in [0, 0.1) is 0 Å². The summed E-state index contributed by atoms with van der Waals surface area (Å²) in [6.45, 7) is 4.01. The molecular weight excluding hydrogens is 296 g/mol. The Balaban J connectivity index is 2.17. The predicted octanol–water partition coefficient (Wildman–Crippen LogP) is 0.998. The maximum atomic E-state index is 12.6. The van der Waals surface area contributed by atoms with Gasteiger partial charge in [-0.3, -0.25) is 0 Å². The molecule has 1 unspecified atom stereocenters. The lowest BCUT2D eigenvalue weighted by Gasteiger charge is -2.38. The molecule has 1 atom stereocenters. The molecule has 20 heavy (non-hydrogen) atoms. The summed E-state index contributed by atoms with van der Waals surface area (Å²) in [6.07, 6.45) is 1.46. The number of hydrogen-bond acceptors (Lipinski definition) is 5. The van der Waals surface area contributed by atoms with E-state index in [1.54, 1.807) is 16.4 Å². The van der Waals surface area contributed by atoms with Crippen LogP contribution in [0.4, 0.5) is 0 Å². The van der Waals surface area contributed by atoms with Crippen LogP contribution in [0.5, 0.6) is 0 Å². The first-order valence-corrected chi connectivity index (χ1v) is 9.14. The third-order valence-electron chi connectivity index (χ3n) is 3.80. The Morgan fingerprint density at radius 1 is 1.40 bits per heavy atom. The van der Waals surface area contributed by atoms with E-state index in [1.165, 1.54) is 11.3 Å². The Morgan fingerprint density at radius 3 is 2.80 bits per heavy atom. The minimum Gasteiger partial charge on any atom is -0.396 e. The molecule has 0 bridgehead atoms. The average Bonchev–Trinajstić information content (AvgIpc) is 2.89. The van der Waals surface area contributed by atoms with Gasteiger partial charge in [-0.25, -0.2) is 8.42 Å². The summed E-state index contributed by atoms with van der Waals surface area (Å²) in [7, 11) is -1.34. The van der Waals surface area contributed by atoms with E-state index in [2.05, 4.69) is 11.8 Å². The van der Waals surface area contributed by atoms with Gasteiger partial charge in [0.25, 0.3) is 10.0 Å². The number of thiophene rings is 1. The molecular formula is C13H22N2O3S2. The van der Waals surface area contributed by atoms with Gasteiger partial charge in [0, 0.05) is 43.6 Å². The van der Waals surface area contributed by atoms with E-state index in [9.17, 15) is 8.42 Å². The molecule has 0 amide bonds. The van der Waals surface area contributed by atoms with Gasteiger partial charge in [-0.1, -0.05) is 6.92 Å². The Morgan fingerprint density at radius 2 is 2.15 bits per heavy atom. The lowest BCUT2D eigenvalue weighted by Crippen LogP contribution is -2.52. The van der Waals surface area contributed by atoms with Crippen molar-refractivity contribution in [3.8, 4) is 0 Å². The summed E-state index contributed by atoms with van der Waals surface area (Å²) < 4.78 is 27.2. The SMILES string of the molecule is CCC1CN(S(=O)(=O)c2ccc(CCO)s2)CCN1C. The van der Waals surface area contributed by atoms with E-state index in [-0.39, 0.29) is 12.6 Å². The highest BCUT2D eigenvalue weighted by atomic mass is 32.2. The molecule has 0 aromatic carbocycles. The van der Waals surface area contributed by atoms with Crippen molar-refractivity contribution in [2.24, 2.45) is 0 Å². The quantitative estimate of drug-likeness (QED) is 0.880. The average molecular weight is 318 g/mol. The second-order valence-electron chi connectivity index (χ2n) is 5.10. The monoisotopic (exact) mass is 318 g/mol. The van der Waals surface area contributed by atoms with Crippen LogP contribution in [0.1, 0.15) is 18.2 Å². The van der Waals surface area contributed by atoms with Crippen molar-refractivity contribution >= 4 is 21.4 Å². The number of aliphatic hydroxyl groups excluding tert-OH is 1. The summed E-state index contributed by atoms with van der Waals surface area (Å²) in [4.78, 5) is 3.13. The normalized spacial score (nSPS) is 22.2. The van der Waals surface area contributed by atoms with Gasteiger partial charge in [-0.15, -0.1) is 11.3 Å². The molecule has 7 heteroatoms. The van der Waals surface area contributed by atoms with E-state index >= 15 is 0 Å². The molecule has 0 radical (unpaired) electrons. The summed E-state index contributed by atoms with van der Waals surface area (Å²) in [5.41, 5.74) is 0. The third kappa shape index (κ3) is 3.23. The van der Waals surface area contributed by atoms with Gasteiger partial charge in [-0.05, 0) is 25.6 Å². The summed E-state index contributed by atoms with van der Waals surface area (Å²) in [6, 6.07) is 3.74. The largest absolute Gasteiger partial charge is 0.396 e. The molecule has 114 valence electrons. The zero-order valence-electron chi connectivity index (χ0n) is 11.9. The zero-order valence-corrected chi connectivity index (χ0v) is 13.6. The fourth-order valence-electron chi connectivity index (χ4n) is 2.45. The van der Waals surface area contributed by atoms with Crippen LogP contribution in [-0.4, -0.2) is 62.1 Å². The van der Waals surface area contributed by atoms with Gasteiger partial charge < -0.3 is 10.0 Å². The fourth-order valence-corrected chi connectivity index (χ4v) is 5.41. The van der Waals surface area contributed by atoms with Gasteiger partial charge in [-0.2, -0.15) is 4.31 Å². The summed E-state index contributed by atoms with van der Waals surface area (Å²) >= 11 is 1.26. The standard InChI is InChI=1S/C13H22N2O3S2/c1-3-11-10-15(8-7-14(11)2)20(17,18)13-5-4-12(19-13)6-9-16/h4-5,11,16H,3,6-10H2,1-2H3. The lowest BCUT2D eigenvalue weighted by atomic mass is 10.1. The lowest BCUT2D eigenvalue weighted by molar-refractivity contribution is 0.144. The van der Waals surface area contributed by atoms with Crippen molar-refractivity contribution in [3.05, 3.63) is 17.0 Å². The highest BCUT2D eigenvalue weighted by Crippen LogP contribution is 2.27. The third-order valence-corrected chi connectivity index (χ3v) is 7.28. The molecule has 1 aromatic heterocycles. The van der Waals surface area contributed by atoms with Crippen LogP contribution < -0.4 is 0 Å². The van der Waals surface area contributed by atoms with Crippen molar-refractivity contribution in [1.29, 1.82) is 0 Å². The number of rotatable bonds is 5. The maximum absolute atomic E-state index is 12.6. The molecule has 1 saturated heterocycles. The Kier molecular flexibility index (Phi) is 5.19. The van der Waals surface area contributed by atoms with E-state index in [4.69, 9.17) is 5.11 Å². The number of likely N-dealkylation sites (N-methyl/N-ethyl adjacent to an activating group) is 1. The Labute approximate surface area is 124 Å². The number of sulfonamides is 1. The minimum absolute atomic E-state index is 0.0480. The second kappa shape index (κ2) is 6.53. The van der Waals surface area contributed by atoms with Crippen LogP contribution >= 0.6 is 11.3 Å². The number of aliphatic hydroxyl groups is 1. The summed E-state index contributed by atoms with van der Waals surface area (Å²) in [5.74, 6) is 0. The van der Waals surface area contributed by atoms with E-state index < -0.39 is 10.0 Å². The molecule has 2 heterocycles. The second-order valence-corrected chi connectivity index (χ2v) is 8.43. The van der Waals surface area contributed by atoms with Gasteiger partial charge in [0.15, 0.2) is 0 Å². The molecule has 1 N–H and O–H groups in total. The van der Waals surface area contributed by atoms with E-state index in [0.29, 0.717) is 23.7 Å². The highest BCUT2D eigenvalue weighted by molar-refractivity contribution is 7.91. The topological polar surface area (TPSA) is 60.9 Å². The van der Waals surface area contributed by atoms with Crippen molar-refractivity contribution in [3.63, 3.8) is 0 Å². The molecule has 5 nitrogen and oxygen atoms in total. The molecule has 0 aliphatic carbocycles. The molecule has 2 rings (SSSR count). The van der Waals surface area contributed by atoms with Crippen molar-refractivity contribution < 1.29 is 13.5 Å². The Hall–Kier alpha value is -0.470. The first kappa shape index (κ1) is 15.9. The van der Waals surface area contributed by atoms with Crippen LogP contribution in [0.2, 0.25) is 0 Å². The van der Waals surface area contributed by atoms with Crippen LogP contribution in [-0.2, 0) is 16.4 Å². The molecule has 0 saturated carbocycles. The zero-order chi connectivity index (χ0) is 14.8.